The molecule has 0 aliphatic heterocycles. The largest absolute Gasteiger partial charge is 0.484 e. The number of nitrogens with zero attached hydrogens (tertiary/aromatic N) is 2. The number of ether oxygens (including phenoxy) is 1. The topological polar surface area (TPSA) is 69.3 Å². The van der Waals surface area contributed by atoms with Gasteiger partial charge in [0.1, 0.15) is 34.0 Å². The average molecular weight is 495 g/mol. The van der Waals surface area contributed by atoms with Gasteiger partial charge in [0.05, 0.1) is 11.6 Å². The van der Waals surface area contributed by atoms with Crippen LogP contribution in [-0.4, -0.2) is 15.7 Å². The van der Waals surface area contributed by atoms with Gasteiger partial charge in [0, 0.05) is 6.20 Å². The molecule has 164 valence electrons. The molecule has 0 aliphatic rings. The van der Waals surface area contributed by atoms with Gasteiger partial charge in [0.15, 0.2) is 11.6 Å². The number of aromatic nitrogens is 2. The van der Waals surface area contributed by atoms with Crippen LogP contribution < -0.4 is 10.1 Å². The van der Waals surface area contributed by atoms with E-state index in [1.807, 2.05) is 0 Å². The van der Waals surface area contributed by atoms with Crippen molar-refractivity contribution in [1.29, 1.82) is 0 Å². The number of carbonyl (C=O) groups is 1. The van der Waals surface area contributed by atoms with Crippen molar-refractivity contribution < 1.29 is 18.3 Å². The predicted molar refractivity (Wildman–Crippen MR) is 120 cm³/mol. The molecule has 2 heterocycles. The van der Waals surface area contributed by atoms with Gasteiger partial charge in [-0.25, -0.2) is 4.39 Å². The second-order valence-electron chi connectivity index (χ2n) is 6.71. The van der Waals surface area contributed by atoms with Crippen molar-refractivity contribution in [3.8, 4) is 5.75 Å². The number of halogens is 4. The zero-order chi connectivity index (χ0) is 22.7. The Kier molecular flexibility index (Phi) is 6.69. The average Bonchev–Trinajstić information content (AvgIpc) is 3.37. The summed E-state index contributed by atoms with van der Waals surface area (Å²) >= 11 is 18.2. The molecule has 0 unspecified atom stereocenters. The number of rotatable bonds is 7. The third-order valence-electron chi connectivity index (χ3n) is 4.38. The molecular formula is C22H15Cl3FN3O3. The van der Waals surface area contributed by atoms with Crippen LogP contribution in [0.5, 0.6) is 5.75 Å². The fourth-order valence-corrected chi connectivity index (χ4v) is 3.37. The second-order valence-corrected chi connectivity index (χ2v) is 7.90. The van der Waals surface area contributed by atoms with Crippen LogP contribution in [0.4, 0.5) is 10.2 Å². The Morgan fingerprint density at radius 3 is 2.62 bits per heavy atom. The summed E-state index contributed by atoms with van der Waals surface area (Å²) in [5.74, 6) is 0.216. The van der Waals surface area contributed by atoms with Crippen LogP contribution in [0.1, 0.15) is 21.9 Å². The molecule has 1 N–H and O–H groups in total. The van der Waals surface area contributed by atoms with E-state index >= 15 is 0 Å². The summed E-state index contributed by atoms with van der Waals surface area (Å²) < 4.78 is 25.7. The van der Waals surface area contributed by atoms with Crippen molar-refractivity contribution in [3.05, 3.63) is 98.8 Å². The molecule has 0 aliphatic carbocycles. The van der Waals surface area contributed by atoms with Crippen molar-refractivity contribution in [2.75, 3.05) is 5.32 Å². The molecule has 0 saturated carbocycles. The molecule has 6 nitrogen and oxygen atoms in total. The molecule has 0 bridgehead atoms. The molecule has 4 rings (SSSR count). The lowest BCUT2D eigenvalue weighted by Gasteiger charge is -2.07. The van der Waals surface area contributed by atoms with Crippen LogP contribution in [0.15, 0.2) is 65.2 Å². The van der Waals surface area contributed by atoms with Crippen molar-refractivity contribution in [1.82, 2.24) is 9.78 Å². The molecule has 4 aromatic rings. The van der Waals surface area contributed by atoms with E-state index in [1.54, 1.807) is 47.3 Å². The summed E-state index contributed by atoms with van der Waals surface area (Å²) in [6.07, 6.45) is 1.57. The number of amides is 1. The first kappa shape index (κ1) is 22.2. The Bertz CT molecular complexity index is 1260. The lowest BCUT2D eigenvalue weighted by atomic mass is 10.2. The maximum absolute atomic E-state index is 13.0. The van der Waals surface area contributed by atoms with Gasteiger partial charge in [-0.1, -0.05) is 53.0 Å². The predicted octanol–water partition coefficient (Wildman–Crippen LogP) is 6.46. The number of anilines is 1. The lowest BCUT2D eigenvalue weighted by Crippen LogP contribution is -2.12. The third kappa shape index (κ3) is 5.24. The number of carbonyl (C=O) groups excluding carboxylic acids is 1. The fourth-order valence-electron chi connectivity index (χ4n) is 2.83. The highest BCUT2D eigenvalue weighted by molar-refractivity contribution is 6.42. The Labute approximate surface area is 197 Å². The summed E-state index contributed by atoms with van der Waals surface area (Å²) in [7, 11) is 0. The molecule has 32 heavy (non-hydrogen) atoms. The van der Waals surface area contributed by atoms with Gasteiger partial charge in [-0.2, -0.15) is 5.10 Å². The number of benzene rings is 2. The van der Waals surface area contributed by atoms with E-state index in [0.717, 1.165) is 5.56 Å². The van der Waals surface area contributed by atoms with Gasteiger partial charge in [-0.3, -0.25) is 9.48 Å². The highest BCUT2D eigenvalue weighted by Gasteiger charge is 2.16. The molecular weight excluding hydrogens is 480 g/mol. The van der Waals surface area contributed by atoms with Gasteiger partial charge in [0.2, 0.25) is 0 Å². The summed E-state index contributed by atoms with van der Waals surface area (Å²) in [5, 5.41) is 7.79. The summed E-state index contributed by atoms with van der Waals surface area (Å²) in [6.45, 7) is 0.421. The van der Waals surface area contributed by atoms with Crippen LogP contribution in [0.2, 0.25) is 15.1 Å². The van der Waals surface area contributed by atoms with Gasteiger partial charge in [-0.05, 0) is 42.0 Å². The first-order valence-electron chi connectivity index (χ1n) is 9.33. The van der Waals surface area contributed by atoms with Gasteiger partial charge in [-0.15, -0.1) is 0 Å². The van der Waals surface area contributed by atoms with Crippen LogP contribution in [0.3, 0.4) is 0 Å². The Hall–Kier alpha value is -3.00. The summed E-state index contributed by atoms with van der Waals surface area (Å²) in [5.41, 5.74) is 0.832. The van der Waals surface area contributed by atoms with E-state index in [4.69, 9.17) is 44.0 Å². The molecule has 1 amide bonds. The minimum atomic E-state index is -0.522. The molecule has 0 saturated heterocycles. The SMILES string of the molecule is O=C(Nc1nn(Cc2ccc(F)cc2)cc1Cl)c1ccc(COc2cccc(Cl)c2Cl)o1. The molecule has 10 heteroatoms. The van der Waals surface area contributed by atoms with E-state index in [1.165, 1.54) is 18.2 Å². The number of hydrogen-bond acceptors (Lipinski definition) is 4. The highest BCUT2D eigenvalue weighted by atomic mass is 35.5. The van der Waals surface area contributed by atoms with Gasteiger partial charge < -0.3 is 14.5 Å². The monoisotopic (exact) mass is 493 g/mol. The Morgan fingerprint density at radius 1 is 1.06 bits per heavy atom. The molecule has 0 radical (unpaired) electrons. The lowest BCUT2D eigenvalue weighted by molar-refractivity contribution is 0.0992. The maximum atomic E-state index is 13.0. The highest BCUT2D eigenvalue weighted by Crippen LogP contribution is 2.32. The van der Waals surface area contributed by atoms with Crippen molar-refractivity contribution in [3.63, 3.8) is 0 Å². The number of hydrogen-bond donors (Lipinski definition) is 1. The van der Waals surface area contributed by atoms with Gasteiger partial charge >= 0.3 is 0 Å². The fraction of sp³-hybridized carbons (Fsp3) is 0.0909. The summed E-state index contributed by atoms with van der Waals surface area (Å²) in [4.78, 5) is 12.5. The van der Waals surface area contributed by atoms with Crippen molar-refractivity contribution in [2.45, 2.75) is 13.2 Å². The molecule has 0 atom stereocenters. The Morgan fingerprint density at radius 2 is 1.84 bits per heavy atom. The number of nitrogens with one attached hydrogen (secondary N) is 1. The summed E-state index contributed by atoms with van der Waals surface area (Å²) in [6, 6.07) is 14.2. The van der Waals surface area contributed by atoms with E-state index < -0.39 is 5.91 Å². The van der Waals surface area contributed by atoms with Crippen LogP contribution >= 0.6 is 34.8 Å². The molecule has 2 aromatic heterocycles. The van der Waals surface area contributed by atoms with Crippen LogP contribution in [0.25, 0.3) is 0 Å². The standard InChI is InChI=1S/C22H15Cl3FN3O3/c23-16-2-1-3-18(20(16)25)31-12-15-8-9-19(32-15)22(30)27-21-17(24)11-29(28-21)10-13-4-6-14(26)7-5-13/h1-9,11H,10,12H2,(H,27,28,30). The van der Waals surface area contributed by atoms with E-state index in [0.29, 0.717) is 28.1 Å². The Balaban J connectivity index is 1.38. The number of furan rings is 1. The maximum Gasteiger partial charge on any atom is 0.292 e. The quantitative estimate of drug-likeness (QED) is 0.320. The molecule has 2 aromatic carbocycles. The second kappa shape index (κ2) is 9.65. The first-order chi connectivity index (χ1) is 15.4. The zero-order valence-corrected chi connectivity index (χ0v) is 18.6. The first-order valence-corrected chi connectivity index (χ1v) is 10.5. The third-order valence-corrected chi connectivity index (χ3v) is 5.46. The molecule has 0 spiro atoms. The van der Waals surface area contributed by atoms with E-state index in [-0.39, 0.29) is 29.0 Å². The van der Waals surface area contributed by atoms with Crippen molar-refractivity contribution >= 4 is 46.5 Å². The van der Waals surface area contributed by atoms with Crippen molar-refractivity contribution in [2.24, 2.45) is 0 Å². The normalized spacial score (nSPS) is 10.9. The van der Waals surface area contributed by atoms with Crippen LogP contribution in [-0.2, 0) is 13.2 Å². The van der Waals surface area contributed by atoms with E-state index in [9.17, 15) is 9.18 Å². The minimum absolute atomic E-state index is 0.0559. The zero-order valence-electron chi connectivity index (χ0n) is 16.3. The minimum Gasteiger partial charge on any atom is -0.484 e. The van der Waals surface area contributed by atoms with E-state index in [2.05, 4.69) is 10.4 Å². The smallest absolute Gasteiger partial charge is 0.292 e. The van der Waals surface area contributed by atoms with Crippen LogP contribution in [0, 0.1) is 5.82 Å². The van der Waals surface area contributed by atoms with Gasteiger partial charge in [0.25, 0.3) is 5.91 Å². The molecule has 0 fully saturated rings.